The summed E-state index contributed by atoms with van der Waals surface area (Å²) < 4.78 is 7.75. The summed E-state index contributed by atoms with van der Waals surface area (Å²) in [5.41, 5.74) is 0.517. The Balaban J connectivity index is 1.85. The maximum absolute atomic E-state index is 12.5. The molecule has 2 aromatic rings. The first-order valence-electron chi connectivity index (χ1n) is 7.56. The summed E-state index contributed by atoms with van der Waals surface area (Å²) in [6.07, 6.45) is 5.25. The summed E-state index contributed by atoms with van der Waals surface area (Å²) in [5, 5.41) is 7.03. The molecule has 0 unspecified atom stereocenters. The minimum Gasteiger partial charge on any atom is -0.383 e. The average molecular weight is 317 g/mol. The van der Waals surface area contributed by atoms with Gasteiger partial charge in [-0.2, -0.15) is 0 Å². The number of methoxy groups -OCH3 is 1. The Morgan fingerprint density at radius 2 is 2.30 bits per heavy atom. The number of rotatable bonds is 7. The van der Waals surface area contributed by atoms with Gasteiger partial charge in [-0.15, -0.1) is 5.10 Å². The highest BCUT2D eigenvalue weighted by atomic mass is 16.5. The third kappa shape index (κ3) is 3.48. The number of amides is 1. The quantitative estimate of drug-likeness (QED) is 0.737. The van der Waals surface area contributed by atoms with Gasteiger partial charge in [0.25, 0.3) is 0 Å². The zero-order chi connectivity index (χ0) is 16.2. The van der Waals surface area contributed by atoms with Gasteiger partial charge in [-0.25, -0.2) is 9.48 Å². The minimum absolute atomic E-state index is 0.102. The van der Waals surface area contributed by atoms with E-state index in [4.69, 9.17) is 4.74 Å². The van der Waals surface area contributed by atoms with E-state index in [0.717, 1.165) is 18.4 Å². The molecule has 0 radical (unpaired) electrons. The predicted octanol–water partition coefficient (Wildman–Crippen LogP) is 0.204. The van der Waals surface area contributed by atoms with Gasteiger partial charge < -0.3 is 10.1 Å². The van der Waals surface area contributed by atoms with Crippen molar-refractivity contribution in [3.05, 3.63) is 35.0 Å². The largest absolute Gasteiger partial charge is 0.383 e. The second-order valence-electron chi connectivity index (χ2n) is 5.45. The molecule has 1 fully saturated rings. The highest BCUT2D eigenvalue weighted by Crippen LogP contribution is 2.36. The standard InChI is InChI=1S/C15H19N5O3/c1-23-8-7-17-13(21)10-19-15(22)20(12-4-5-12)14(18-19)11-3-2-6-16-9-11/h2-3,6,9,12H,4-5,7-8,10H2,1H3,(H,17,21). The number of ether oxygens (including phenoxy) is 1. The highest BCUT2D eigenvalue weighted by molar-refractivity contribution is 5.75. The van der Waals surface area contributed by atoms with E-state index in [2.05, 4.69) is 15.4 Å². The van der Waals surface area contributed by atoms with Gasteiger partial charge in [0.1, 0.15) is 6.54 Å². The van der Waals surface area contributed by atoms with Crippen LogP contribution in [0.15, 0.2) is 29.3 Å². The van der Waals surface area contributed by atoms with Crippen molar-refractivity contribution in [2.24, 2.45) is 0 Å². The molecule has 8 heteroatoms. The lowest BCUT2D eigenvalue weighted by Crippen LogP contribution is -2.35. The van der Waals surface area contributed by atoms with Crippen LogP contribution in [0.25, 0.3) is 11.4 Å². The van der Waals surface area contributed by atoms with Crippen molar-refractivity contribution in [2.75, 3.05) is 20.3 Å². The van der Waals surface area contributed by atoms with Crippen LogP contribution >= 0.6 is 0 Å². The van der Waals surface area contributed by atoms with Crippen LogP contribution in [0, 0.1) is 0 Å². The van der Waals surface area contributed by atoms with Crippen molar-refractivity contribution in [3.63, 3.8) is 0 Å². The smallest absolute Gasteiger partial charge is 0.346 e. The van der Waals surface area contributed by atoms with Crippen molar-refractivity contribution >= 4 is 5.91 Å². The maximum atomic E-state index is 12.5. The van der Waals surface area contributed by atoms with Gasteiger partial charge in [0.2, 0.25) is 5.91 Å². The van der Waals surface area contributed by atoms with E-state index in [0.29, 0.717) is 19.0 Å². The van der Waals surface area contributed by atoms with Gasteiger partial charge in [-0.3, -0.25) is 14.3 Å². The molecule has 1 saturated carbocycles. The van der Waals surface area contributed by atoms with Crippen LogP contribution in [-0.4, -0.2) is 45.5 Å². The third-order valence-electron chi connectivity index (χ3n) is 3.62. The molecule has 0 bridgehead atoms. The second kappa shape index (κ2) is 6.74. The molecule has 0 atom stereocenters. The van der Waals surface area contributed by atoms with Crippen LogP contribution in [0.5, 0.6) is 0 Å². The van der Waals surface area contributed by atoms with Crippen LogP contribution in [0.4, 0.5) is 0 Å². The molecule has 8 nitrogen and oxygen atoms in total. The van der Waals surface area contributed by atoms with Crippen LogP contribution in [0.3, 0.4) is 0 Å². The van der Waals surface area contributed by atoms with Crippen molar-refractivity contribution in [1.29, 1.82) is 0 Å². The molecule has 3 rings (SSSR count). The van der Waals surface area contributed by atoms with Gasteiger partial charge in [0, 0.05) is 37.7 Å². The first-order valence-corrected chi connectivity index (χ1v) is 7.56. The first-order chi connectivity index (χ1) is 11.2. The number of aromatic nitrogens is 4. The predicted molar refractivity (Wildman–Crippen MR) is 82.9 cm³/mol. The summed E-state index contributed by atoms with van der Waals surface area (Å²) in [6.45, 7) is 0.733. The van der Waals surface area contributed by atoms with Gasteiger partial charge >= 0.3 is 5.69 Å². The fourth-order valence-electron chi connectivity index (χ4n) is 2.36. The SMILES string of the molecule is COCCNC(=O)Cn1nc(-c2cccnc2)n(C2CC2)c1=O. The van der Waals surface area contributed by atoms with Crippen LogP contribution in [0.2, 0.25) is 0 Å². The highest BCUT2D eigenvalue weighted by Gasteiger charge is 2.30. The molecular weight excluding hydrogens is 298 g/mol. The van der Waals surface area contributed by atoms with Crippen molar-refractivity contribution in [2.45, 2.75) is 25.4 Å². The summed E-state index contributed by atoms with van der Waals surface area (Å²) in [4.78, 5) is 28.5. The summed E-state index contributed by atoms with van der Waals surface area (Å²) >= 11 is 0. The molecule has 1 aliphatic rings. The normalized spacial score (nSPS) is 14.0. The summed E-state index contributed by atoms with van der Waals surface area (Å²) in [7, 11) is 1.56. The number of pyridine rings is 1. The Bertz CT molecular complexity index is 733. The van der Waals surface area contributed by atoms with Crippen molar-refractivity contribution < 1.29 is 9.53 Å². The monoisotopic (exact) mass is 317 g/mol. The maximum Gasteiger partial charge on any atom is 0.346 e. The van der Waals surface area contributed by atoms with Gasteiger partial charge in [-0.1, -0.05) is 0 Å². The van der Waals surface area contributed by atoms with E-state index in [9.17, 15) is 9.59 Å². The average Bonchev–Trinajstić information content (AvgIpc) is 3.34. The summed E-state index contributed by atoms with van der Waals surface area (Å²) in [6, 6.07) is 3.83. The molecule has 0 saturated heterocycles. The number of carbonyl (C=O) groups is 1. The van der Waals surface area contributed by atoms with E-state index in [1.807, 2.05) is 6.07 Å². The van der Waals surface area contributed by atoms with Crippen LogP contribution in [0.1, 0.15) is 18.9 Å². The van der Waals surface area contributed by atoms with E-state index in [1.165, 1.54) is 4.68 Å². The Kier molecular flexibility index (Phi) is 4.52. The molecule has 0 aromatic carbocycles. The van der Waals surface area contributed by atoms with Gasteiger partial charge in [0.15, 0.2) is 5.82 Å². The molecule has 1 aliphatic carbocycles. The number of hydrogen-bond acceptors (Lipinski definition) is 5. The lowest BCUT2D eigenvalue weighted by atomic mass is 10.3. The Labute approximate surface area is 133 Å². The van der Waals surface area contributed by atoms with E-state index in [-0.39, 0.29) is 24.2 Å². The summed E-state index contributed by atoms with van der Waals surface area (Å²) in [5.74, 6) is 0.303. The second-order valence-corrected chi connectivity index (χ2v) is 5.45. The third-order valence-corrected chi connectivity index (χ3v) is 3.62. The lowest BCUT2D eigenvalue weighted by Gasteiger charge is -2.03. The van der Waals surface area contributed by atoms with Crippen LogP contribution < -0.4 is 11.0 Å². The number of nitrogens with one attached hydrogen (secondary N) is 1. The first kappa shape index (κ1) is 15.4. The zero-order valence-corrected chi connectivity index (χ0v) is 12.9. The number of hydrogen-bond donors (Lipinski definition) is 1. The van der Waals surface area contributed by atoms with E-state index < -0.39 is 0 Å². The fraction of sp³-hybridized carbons (Fsp3) is 0.467. The molecule has 2 aromatic heterocycles. The van der Waals surface area contributed by atoms with E-state index >= 15 is 0 Å². The molecule has 1 amide bonds. The molecule has 2 heterocycles. The van der Waals surface area contributed by atoms with Gasteiger partial charge in [-0.05, 0) is 25.0 Å². The van der Waals surface area contributed by atoms with Crippen molar-refractivity contribution in [3.8, 4) is 11.4 Å². The Morgan fingerprint density at radius 1 is 1.48 bits per heavy atom. The fourth-order valence-corrected chi connectivity index (χ4v) is 2.36. The topological polar surface area (TPSA) is 91.0 Å². The molecular formula is C15H19N5O3. The van der Waals surface area contributed by atoms with Gasteiger partial charge in [0.05, 0.1) is 6.61 Å². The Morgan fingerprint density at radius 3 is 2.96 bits per heavy atom. The zero-order valence-electron chi connectivity index (χ0n) is 12.9. The van der Waals surface area contributed by atoms with E-state index in [1.54, 1.807) is 30.1 Å². The number of carbonyl (C=O) groups excluding carboxylic acids is 1. The minimum atomic E-state index is -0.262. The molecule has 122 valence electrons. The molecule has 23 heavy (non-hydrogen) atoms. The number of nitrogens with zero attached hydrogens (tertiary/aromatic N) is 4. The Hall–Kier alpha value is -2.48. The molecule has 1 N–H and O–H groups in total. The van der Waals surface area contributed by atoms with Crippen molar-refractivity contribution in [1.82, 2.24) is 24.6 Å². The molecule has 0 aliphatic heterocycles. The lowest BCUT2D eigenvalue weighted by molar-refractivity contribution is -0.122. The van der Waals surface area contributed by atoms with Crippen LogP contribution in [-0.2, 0) is 16.1 Å². The molecule has 0 spiro atoms.